The molecule has 1 atom stereocenters. The molecule has 3 rings (SSSR count). The summed E-state index contributed by atoms with van der Waals surface area (Å²) < 4.78 is 0. The molecule has 7 heteroatoms. The number of benzene rings is 1. The number of rotatable bonds is 3. The van der Waals surface area contributed by atoms with Gasteiger partial charge in [0.25, 0.3) is 11.8 Å². The van der Waals surface area contributed by atoms with Crippen molar-refractivity contribution in [2.45, 2.75) is 18.9 Å². The maximum atomic E-state index is 12.9. The minimum atomic E-state index is -0.211. The number of hydrogen-bond acceptors (Lipinski definition) is 4. The fourth-order valence-electron chi connectivity index (χ4n) is 3.52. The van der Waals surface area contributed by atoms with Crippen LogP contribution in [-0.4, -0.2) is 73.3 Å². The number of hydrogen-bond donors (Lipinski definition) is 2. The Balaban J connectivity index is 1.71. The Hall–Kier alpha value is -2.41. The zero-order chi connectivity index (χ0) is 17.8. The third-order valence-electron chi connectivity index (χ3n) is 4.85. The van der Waals surface area contributed by atoms with Crippen LogP contribution in [0.15, 0.2) is 24.3 Å². The molecule has 0 aliphatic carbocycles. The molecule has 1 unspecified atom stereocenters. The van der Waals surface area contributed by atoms with Gasteiger partial charge in [-0.2, -0.15) is 0 Å². The van der Waals surface area contributed by atoms with Crippen molar-refractivity contribution >= 4 is 17.7 Å². The van der Waals surface area contributed by atoms with Crippen LogP contribution in [0.3, 0.4) is 0 Å². The van der Waals surface area contributed by atoms with Gasteiger partial charge in [-0.15, -0.1) is 0 Å². The predicted molar refractivity (Wildman–Crippen MR) is 93.3 cm³/mol. The molecular formula is C18H24N4O3. The minimum absolute atomic E-state index is 0.0782. The number of piperidine rings is 1. The number of nitrogens with zero attached hydrogens (tertiary/aromatic N) is 2. The molecule has 25 heavy (non-hydrogen) atoms. The summed E-state index contributed by atoms with van der Waals surface area (Å²) in [5.41, 5.74) is 0.979. The van der Waals surface area contributed by atoms with Crippen molar-refractivity contribution in [3.05, 3.63) is 35.4 Å². The summed E-state index contributed by atoms with van der Waals surface area (Å²) in [5, 5.41) is 5.64. The first kappa shape index (κ1) is 17.4. The summed E-state index contributed by atoms with van der Waals surface area (Å²) in [6, 6.07) is 6.84. The highest BCUT2D eigenvalue weighted by atomic mass is 16.2. The van der Waals surface area contributed by atoms with Gasteiger partial charge in [-0.25, -0.2) is 0 Å². The summed E-state index contributed by atoms with van der Waals surface area (Å²) in [6.45, 7) is 3.09. The second-order valence-electron chi connectivity index (χ2n) is 6.47. The molecule has 2 aliphatic rings. The largest absolute Gasteiger partial charge is 0.355 e. The molecule has 2 fully saturated rings. The van der Waals surface area contributed by atoms with Crippen LogP contribution in [0.1, 0.15) is 33.6 Å². The molecule has 1 aromatic carbocycles. The van der Waals surface area contributed by atoms with Crippen LogP contribution in [0.2, 0.25) is 0 Å². The monoisotopic (exact) mass is 344 g/mol. The fourth-order valence-corrected chi connectivity index (χ4v) is 3.52. The van der Waals surface area contributed by atoms with Crippen LogP contribution in [-0.2, 0) is 4.79 Å². The van der Waals surface area contributed by atoms with E-state index < -0.39 is 0 Å². The lowest BCUT2D eigenvalue weighted by Crippen LogP contribution is -2.57. The maximum Gasteiger partial charge on any atom is 0.253 e. The van der Waals surface area contributed by atoms with Gasteiger partial charge >= 0.3 is 0 Å². The van der Waals surface area contributed by atoms with Gasteiger partial charge in [-0.3, -0.25) is 14.4 Å². The van der Waals surface area contributed by atoms with Gasteiger partial charge in [0.05, 0.1) is 6.54 Å². The Morgan fingerprint density at radius 3 is 2.80 bits per heavy atom. The zero-order valence-electron chi connectivity index (χ0n) is 14.5. The predicted octanol–water partition coefficient (Wildman–Crippen LogP) is 0.0826. The molecule has 7 nitrogen and oxygen atoms in total. The van der Waals surface area contributed by atoms with Crippen LogP contribution in [0.5, 0.6) is 0 Å². The van der Waals surface area contributed by atoms with Crippen molar-refractivity contribution in [2.75, 3.05) is 39.8 Å². The Morgan fingerprint density at radius 1 is 1.24 bits per heavy atom. The summed E-state index contributed by atoms with van der Waals surface area (Å²) in [6.07, 6.45) is 1.80. The molecular weight excluding hydrogens is 320 g/mol. The van der Waals surface area contributed by atoms with E-state index >= 15 is 0 Å². The second-order valence-corrected chi connectivity index (χ2v) is 6.47. The lowest BCUT2D eigenvalue weighted by molar-refractivity contribution is -0.135. The van der Waals surface area contributed by atoms with Crippen LogP contribution < -0.4 is 10.6 Å². The van der Waals surface area contributed by atoms with E-state index in [1.165, 1.54) is 0 Å². The van der Waals surface area contributed by atoms with E-state index in [1.807, 2.05) is 4.90 Å². The zero-order valence-corrected chi connectivity index (χ0v) is 14.5. The summed E-state index contributed by atoms with van der Waals surface area (Å²) >= 11 is 0. The first-order valence-electron chi connectivity index (χ1n) is 8.71. The molecule has 2 saturated heterocycles. The van der Waals surface area contributed by atoms with E-state index in [-0.39, 0.29) is 23.8 Å². The third-order valence-corrected chi connectivity index (χ3v) is 4.85. The Morgan fingerprint density at radius 2 is 2.04 bits per heavy atom. The number of piperazine rings is 1. The smallest absolute Gasteiger partial charge is 0.253 e. The van der Waals surface area contributed by atoms with Crippen molar-refractivity contribution in [3.63, 3.8) is 0 Å². The standard InChI is InChI=1S/C18H24N4O3/c1-19-17(24)13-4-2-5-14(10-13)18(25)21-8-3-6-15(12-21)22-9-7-20-11-16(22)23/h2,4-5,10,15,20H,3,6-9,11-12H2,1H3,(H,19,24). The fraction of sp³-hybridized carbons (Fsp3) is 0.500. The maximum absolute atomic E-state index is 12.9. The quantitative estimate of drug-likeness (QED) is 0.814. The summed E-state index contributed by atoms with van der Waals surface area (Å²) in [5.74, 6) is -0.192. The molecule has 0 aromatic heterocycles. The molecule has 0 spiro atoms. The van der Waals surface area contributed by atoms with E-state index in [0.29, 0.717) is 37.3 Å². The molecule has 2 N–H and O–H groups in total. The minimum Gasteiger partial charge on any atom is -0.355 e. The number of carbonyl (C=O) groups excluding carboxylic acids is 3. The Kier molecular flexibility index (Phi) is 5.33. The highest BCUT2D eigenvalue weighted by molar-refractivity contribution is 5.99. The van der Waals surface area contributed by atoms with Gasteiger partial charge in [-0.1, -0.05) is 6.07 Å². The number of nitrogens with one attached hydrogen (secondary N) is 2. The lowest BCUT2D eigenvalue weighted by Gasteiger charge is -2.41. The molecule has 3 amide bonds. The molecule has 2 aliphatic heterocycles. The molecule has 2 heterocycles. The van der Waals surface area contributed by atoms with E-state index in [9.17, 15) is 14.4 Å². The Labute approximate surface area is 147 Å². The van der Waals surface area contributed by atoms with E-state index in [0.717, 1.165) is 19.4 Å². The highest BCUT2D eigenvalue weighted by Gasteiger charge is 2.32. The lowest BCUT2D eigenvalue weighted by atomic mass is 10.0. The molecule has 1 aromatic rings. The highest BCUT2D eigenvalue weighted by Crippen LogP contribution is 2.19. The van der Waals surface area contributed by atoms with Crippen molar-refractivity contribution in [3.8, 4) is 0 Å². The first-order chi connectivity index (χ1) is 12.1. The average molecular weight is 344 g/mol. The van der Waals surface area contributed by atoms with Gasteiger partial charge in [0.15, 0.2) is 0 Å². The van der Waals surface area contributed by atoms with E-state index in [1.54, 1.807) is 36.2 Å². The first-order valence-corrected chi connectivity index (χ1v) is 8.71. The number of carbonyl (C=O) groups is 3. The third kappa shape index (κ3) is 3.82. The SMILES string of the molecule is CNC(=O)c1cccc(C(=O)N2CCCC(N3CCNCC3=O)C2)c1. The second kappa shape index (κ2) is 7.65. The van der Waals surface area contributed by atoms with Crippen molar-refractivity contribution in [1.82, 2.24) is 20.4 Å². The molecule has 0 bridgehead atoms. The van der Waals surface area contributed by atoms with Crippen molar-refractivity contribution in [2.24, 2.45) is 0 Å². The molecule has 0 saturated carbocycles. The van der Waals surface area contributed by atoms with E-state index in [4.69, 9.17) is 0 Å². The number of likely N-dealkylation sites (tertiary alicyclic amines) is 1. The Bertz CT molecular complexity index is 676. The summed E-state index contributed by atoms with van der Waals surface area (Å²) in [7, 11) is 1.57. The van der Waals surface area contributed by atoms with Crippen LogP contribution in [0.25, 0.3) is 0 Å². The van der Waals surface area contributed by atoms with Crippen LogP contribution in [0, 0.1) is 0 Å². The van der Waals surface area contributed by atoms with Gasteiger partial charge in [0, 0.05) is 50.4 Å². The van der Waals surface area contributed by atoms with Gasteiger partial charge in [0.1, 0.15) is 0 Å². The topological polar surface area (TPSA) is 81.8 Å². The molecule has 134 valence electrons. The van der Waals surface area contributed by atoms with Gasteiger partial charge in [-0.05, 0) is 31.0 Å². The van der Waals surface area contributed by atoms with Gasteiger partial charge < -0.3 is 20.4 Å². The summed E-state index contributed by atoms with van der Waals surface area (Å²) in [4.78, 5) is 40.4. The van der Waals surface area contributed by atoms with Crippen LogP contribution >= 0.6 is 0 Å². The van der Waals surface area contributed by atoms with Crippen molar-refractivity contribution in [1.29, 1.82) is 0 Å². The van der Waals surface area contributed by atoms with Crippen molar-refractivity contribution < 1.29 is 14.4 Å². The normalized spacial score (nSPS) is 21.2. The average Bonchev–Trinajstić information content (AvgIpc) is 2.67. The van der Waals surface area contributed by atoms with Crippen LogP contribution in [0.4, 0.5) is 0 Å². The van der Waals surface area contributed by atoms with E-state index in [2.05, 4.69) is 10.6 Å². The van der Waals surface area contributed by atoms with Gasteiger partial charge in [0.2, 0.25) is 5.91 Å². The molecule has 0 radical (unpaired) electrons. The number of amides is 3.